The van der Waals surface area contributed by atoms with E-state index in [0.29, 0.717) is 0 Å². The lowest BCUT2D eigenvalue weighted by Gasteiger charge is -2.29. The largest absolute Gasteiger partial charge is 0.313 e. The number of pyridine rings is 1. The lowest BCUT2D eigenvalue weighted by atomic mass is 9.84. The van der Waals surface area contributed by atoms with Gasteiger partial charge < -0.3 is 5.73 Å². The van der Waals surface area contributed by atoms with Crippen molar-refractivity contribution in [3.8, 4) is 33.9 Å². The summed E-state index contributed by atoms with van der Waals surface area (Å²) in [5.74, 6) is 1.68. The molecule has 0 fully saturated rings. The van der Waals surface area contributed by atoms with Crippen LogP contribution in [0, 0.1) is 0 Å². The highest BCUT2D eigenvalue weighted by Crippen LogP contribution is 2.54. The van der Waals surface area contributed by atoms with Crippen LogP contribution >= 0.6 is 0 Å². The Hall–Kier alpha value is -6.23. The van der Waals surface area contributed by atoms with Gasteiger partial charge in [-0.05, 0) is 58.1 Å². The molecule has 6 aromatic carbocycles. The van der Waals surface area contributed by atoms with Gasteiger partial charge in [0.05, 0.1) is 22.2 Å². The number of hydrogen-bond donors (Lipinski definition) is 1. The molecule has 3 aromatic heterocycles. The number of para-hydroxylation sites is 3. The zero-order valence-corrected chi connectivity index (χ0v) is 26.1. The van der Waals surface area contributed by atoms with Crippen LogP contribution in [0.25, 0.3) is 66.6 Å². The predicted molar refractivity (Wildman–Crippen MR) is 197 cm³/mol. The van der Waals surface area contributed by atoms with Crippen molar-refractivity contribution in [1.29, 1.82) is 0 Å². The first-order chi connectivity index (χ1) is 23.7. The summed E-state index contributed by atoms with van der Waals surface area (Å²) < 4.78 is 4.62. The minimum atomic E-state index is -0.899. The van der Waals surface area contributed by atoms with E-state index in [0.717, 1.165) is 72.6 Å². The summed E-state index contributed by atoms with van der Waals surface area (Å²) in [5, 5.41) is 3.57. The van der Waals surface area contributed by atoms with E-state index in [4.69, 9.17) is 10.7 Å². The number of rotatable bonds is 4. The number of fused-ring (bicyclic) bond motifs is 8. The van der Waals surface area contributed by atoms with Crippen molar-refractivity contribution in [2.45, 2.75) is 5.54 Å². The Bertz CT molecular complexity index is 2630. The van der Waals surface area contributed by atoms with Gasteiger partial charge in [-0.2, -0.15) is 0 Å². The molecule has 3 heterocycles. The van der Waals surface area contributed by atoms with Crippen LogP contribution in [0.1, 0.15) is 16.8 Å². The molecule has 4 nitrogen and oxygen atoms in total. The summed E-state index contributed by atoms with van der Waals surface area (Å²) in [5.41, 5.74) is 17.9. The molecule has 0 radical (unpaired) electrons. The van der Waals surface area contributed by atoms with Crippen molar-refractivity contribution in [1.82, 2.24) is 14.1 Å². The Morgan fingerprint density at radius 2 is 0.958 bits per heavy atom. The standard InChI is InChI=1S/C44H30N4/c45-44(31-17-5-2-6-18-31)36-23-11-7-21-34(36)42-35-22-10-14-26-39(35)48(43(42)44)41-28-30(29-15-3-1-4-16-29)27-40(46-41)47-37-24-12-8-19-32(37)33-20-9-13-25-38(33)47/h1-28H,45H2. The number of nitrogens with two attached hydrogens (primary N) is 1. The average molecular weight is 615 g/mol. The Balaban J connectivity index is 1.35. The molecule has 0 bridgehead atoms. The SMILES string of the molecule is NC1(c2ccccc2)c2ccccc2-c2c1n(-c1cc(-c3ccccc3)cc(-n3c4ccccc4c4ccccc43)n1)c1ccccc21. The molecule has 1 aliphatic rings. The summed E-state index contributed by atoms with van der Waals surface area (Å²) in [6.45, 7) is 0. The van der Waals surface area contributed by atoms with E-state index in [-0.39, 0.29) is 0 Å². The topological polar surface area (TPSA) is 48.8 Å². The van der Waals surface area contributed by atoms with Crippen molar-refractivity contribution in [3.05, 3.63) is 187 Å². The molecule has 0 aliphatic heterocycles. The molecule has 0 amide bonds. The van der Waals surface area contributed by atoms with Crippen LogP contribution in [0.3, 0.4) is 0 Å². The number of aromatic nitrogens is 3. The highest BCUT2D eigenvalue weighted by Gasteiger charge is 2.46. The molecule has 4 heteroatoms. The van der Waals surface area contributed by atoms with E-state index in [1.54, 1.807) is 0 Å². The maximum absolute atomic E-state index is 7.78. The van der Waals surface area contributed by atoms with Gasteiger partial charge >= 0.3 is 0 Å². The van der Waals surface area contributed by atoms with E-state index in [9.17, 15) is 0 Å². The molecule has 0 spiro atoms. The number of nitrogens with zero attached hydrogens (tertiary/aromatic N) is 3. The minimum Gasteiger partial charge on any atom is -0.313 e. The molecule has 0 saturated heterocycles. The second-order valence-corrected chi connectivity index (χ2v) is 12.6. The Labute approximate surface area is 278 Å². The summed E-state index contributed by atoms with van der Waals surface area (Å²) in [6.07, 6.45) is 0. The third kappa shape index (κ3) is 3.66. The lowest BCUT2D eigenvalue weighted by Crippen LogP contribution is -2.39. The Kier molecular flexibility index (Phi) is 5.69. The van der Waals surface area contributed by atoms with Crippen molar-refractivity contribution in [2.24, 2.45) is 5.73 Å². The molecule has 10 rings (SSSR count). The van der Waals surface area contributed by atoms with Gasteiger partial charge in [-0.3, -0.25) is 9.13 Å². The minimum absolute atomic E-state index is 0.823. The van der Waals surface area contributed by atoms with Crippen LogP contribution in [0.2, 0.25) is 0 Å². The predicted octanol–water partition coefficient (Wildman–Crippen LogP) is 10.0. The van der Waals surface area contributed by atoms with Gasteiger partial charge in [0, 0.05) is 21.7 Å². The fraction of sp³-hybridized carbons (Fsp3) is 0.0227. The van der Waals surface area contributed by atoms with Crippen molar-refractivity contribution in [2.75, 3.05) is 0 Å². The third-order valence-corrected chi connectivity index (χ3v) is 10.0. The average Bonchev–Trinajstić information content (AvgIpc) is 3.77. The molecule has 226 valence electrons. The second kappa shape index (κ2) is 10.1. The second-order valence-electron chi connectivity index (χ2n) is 12.6. The monoisotopic (exact) mass is 614 g/mol. The zero-order valence-electron chi connectivity index (χ0n) is 26.1. The number of benzene rings is 6. The van der Waals surface area contributed by atoms with Gasteiger partial charge in [0.1, 0.15) is 17.2 Å². The molecule has 0 saturated carbocycles. The maximum Gasteiger partial charge on any atom is 0.140 e. The third-order valence-electron chi connectivity index (χ3n) is 10.0. The summed E-state index contributed by atoms with van der Waals surface area (Å²) in [4.78, 5) is 5.56. The van der Waals surface area contributed by atoms with Crippen LogP contribution in [0.5, 0.6) is 0 Å². The van der Waals surface area contributed by atoms with E-state index < -0.39 is 5.54 Å². The van der Waals surface area contributed by atoms with Crippen LogP contribution in [-0.2, 0) is 5.54 Å². The first-order valence-corrected chi connectivity index (χ1v) is 16.4. The quantitative estimate of drug-likeness (QED) is 0.214. The van der Waals surface area contributed by atoms with Crippen molar-refractivity contribution >= 4 is 32.7 Å². The smallest absolute Gasteiger partial charge is 0.140 e. The van der Waals surface area contributed by atoms with E-state index in [1.807, 2.05) is 6.07 Å². The van der Waals surface area contributed by atoms with E-state index in [1.165, 1.54) is 10.8 Å². The van der Waals surface area contributed by atoms with Gasteiger partial charge in [0.2, 0.25) is 0 Å². The van der Waals surface area contributed by atoms with Gasteiger partial charge in [0.15, 0.2) is 0 Å². The van der Waals surface area contributed by atoms with Crippen LogP contribution in [-0.4, -0.2) is 14.1 Å². The van der Waals surface area contributed by atoms with E-state index >= 15 is 0 Å². The highest BCUT2D eigenvalue weighted by molar-refractivity contribution is 6.09. The first-order valence-electron chi connectivity index (χ1n) is 16.4. The molecule has 9 aromatic rings. The lowest BCUT2D eigenvalue weighted by molar-refractivity contribution is 0.632. The first kappa shape index (κ1) is 26.9. The van der Waals surface area contributed by atoms with Gasteiger partial charge in [-0.1, -0.05) is 140 Å². The highest BCUT2D eigenvalue weighted by atomic mass is 15.2. The molecule has 1 aliphatic carbocycles. The van der Waals surface area contributed by atoms with Gasteiger partial charge in [-0.15, -0.1) is 0 Å². The van der Waals surface area contributed by atoms with Crippen molar-refractivity contribution in [3.63, 3.8) is 0 Å². The molecule has 1 atom stereocenters. The zero-order chi connectivity index (χ0) is 31.8. The molecular formula is C44H30N4. The van der Waals surface area contributed by atoms with Crippen LogP contribution in [0.15, 0.2) is 170 Å². The fourth-order valence-electron chi connectivity index (χ4n) is 7.99. The fourth-order valence-corrected chi connectivity index (χ4v) is 7.99. The van der Waals surface area contributed by atoms with Crippen LogP contribution in [0.4, 0.5) is 0 Å². The molecule has 1 unspecified atom stereocenters. The maximum atomic E-state index is 7.78. The molecule has 48 heavy (non-hydrogen) atoms. The van der Waals surface area contributed by atoms with Gasteiger partial charge in [-0.25, -0.2) is 4.98 Å². The summed E-state index contributed by atoms with van der Waals surface area (Å²) in [7, 11) is 0. The molecular weight excluding hydrogens is 585 g/mol. The number of hydrogen-bond acceptors (Lipinski definition) is 2. The van der Waals surface area contributed by atoms with E-state index in [2.05, 4.69) is 173 Å². The summed E-state index contributed by atoms with van der Waals surface area (Å²) >= 11 is 0. The van der Waals surface area contributed by atoms with Gasteiger partial charge in [0.25, 0.3) is 0 Å². The van der Waals surface area contributed by atoms with Crippen LogP contribution < -0.4 is 5.73 Å². The normalized spacial score (nSPS) is 15.3. The Morgan fingerprint density at radius 3 is 1.62 bits per heavy atom. The van der Waals surface area contributed by atoms with Crippen molar-refractivity contribution < 1.29 is 0 Å². The molecule has 2 N–H and O–H groups in total. The summed E-state index contributed by atoms with van der Waals surface area (Å²) in [6, 6.07) is 59.9. The Morgan fingerprint density at radius 1 is 0.458 bits per heavy atom.